The van der Waals surface area contributed by atoms with Crippen LogP contribution in [0.5, 0.6) is 17.2 Å². The first-order valence-corrected chi connectivity index (χ1v) is 13.8. The molecular formula is C29H32O16. The largest absolute Gasteiger partial charge is 0.508 e. The summed E-state index contributed by atoms with van der Waals surface area (Å²) in [5.41, 5.74) is -1.19. The standard InChI is InChI=1S/C29H32O16/c1-10(31)41-9-18-22(35)24(37)26(39)28(43-18)20-16(44-29-27(40)25(38)21(34)17(8-30)45-29)7-15-19(23(20)36)13(33)6-14(42-15)11-2-4-12(32)5-3-11/h2-7,17-18,21-22,24-30,32,34-40H,8-9H2,1H3/t17-,18-,21-,22-,24+,25+,26-,27-,28+,29-/m1/s1. The van der Waals surface area contributed by atoms with Crippen molar-refractivity contribution in [3.63, 3.8) is 0 Å². The SMILES string of the molecule is CC(=O)OC[C@H]1O[C@@H](c2c(O[C@@H]3O[C@H](CO)[C@@H](O)[C@H](O)[C@H]3O)cc3oc(-c4ccc(O)cc4)cc(=O)c3c2O)[C@H](O)[C@@H](O)[C@@H]1O. The van der Waals surface area contributed by atoms with E-state index >= 15 is 0 Å². The molecular weight excluding hydrogens is 604 g/mol. The lowest BCUT2D eigenvalue weighted by atomic mass is 9.89. The van der Waals surface area contributed by atoms with Gasteiger partial charge >= 0.3 is 5.97 Å². The third kappa shape index (κ3) is 6.19. The minimum atomic E-state index is -1.97. The number of hydrogen-bond donors (Lipinski definition) is 9. The van der Waals surface area contributed by atoms with Crippen LogP contribution in [0.15, 0.2) is 45.6 Å². The summed E-state index contributed by atoms with van der Waals surface area (Å²) in [5, 5.41) is 93.5. The van der Waals surface area contributed by atoms with Crippen LogP contribution in [0.2, 0.25) is 0 Å². The van der Waals surface area contributed by atoms with Crippen LogP contribution in [0, 0.1) is 0 Å². The van der Waals surface area contributed by atoms with Crippen molar-refractivity contribution in [3.8, 4) is 28.6 Å². The number of carbonyl (C=O) groups excluding carboxylic acids is 1. The van der Waals surface area contributed by atoms with Crippen LogP contribution in [-0.4, -0.2) is 120 Å². The summed E-state index contributed by atoms with van der Waals surface area (Å²) in [6, 6.07) is 7.74. The molecule has 0 aliphatic carbocycles. The molecule has 2 aromatic carbocycles. The lowest BCUT2D eigenvalue weighted by Gasteiger charge is -2.42. The molecule has 3 aromatic rings. The van der Waals surface area contributed by atoms with Gasteiger partial charge < -0.3 is 69.3 Å². The Hall–Kier alpha value is -3.84. The highest BCUT2D eigenvalue weighted by Gasteiger charge is 2.49. The van der Waals surface area contributed by atoms with Crippen molar-refractivity contribution < 1.29 is 74.1 Å². The maximum Gasteiger partial charge on any atom is 0.302 e. The van der Waals surface area contributed by atoms with Gasteiger partial charge in [0.1, 0.15) is 95.5 Å². The Balaban J connectivity index is 1.67. The van der Waals surface area contributed by atoms with E-state index in [0.717, 1.165) is 19.1 Å². The Morgan fingerprint density at radius 3 is 2.13 bits per heavy atom. The average molecular weight is 637 g/mol. The maximum absolute atomic E-state index is 13.3. The normalized spacial score (nSPS) is 31.9. The lowest BCUT2D eigenvalue weighted by Crippen LogP contribution is -2.60. The molecule has 1 aromatic heterocycles. The van der Waals surface area contributed by atoms with Crippen molar-refractivity contribution in [2.24, 2.45) is 0 Å². The summed E-state index contributed by atoms with van der Waals surface area (Å²) < 4.78 is 27.8. The summed E-state index contributed by atoms with van der Waals surface area (Å²) in [6.45, 7) is -0.282. The molecule has 16 heteroatoms. The number of ether oxygens (including phenoxy) is 4. The van der Waals surface area contributed by atoms with E-state index in [9.17, 15) is 55.5 Å². The fraction of sp³-hybridized carbons (Fsp3) is 0.448. The zero-order chi connectivity index (χ0) is 32.7. The van der Waals surface area contributed by atoms with E-state index in [0.29, 0.717) is 5.56 Å². The fourth-order valence-electron chi connectivity index (χ4n) is 5.25. The Labute approximate surface area is 253 Å². The zero-order valence-corrected chi connectivity index (χ0v) is 23.5. The van der Waals surface area contributed by atoms with Gasteiger partial charge in [0.2, 0.25) is 6.29 Å². The van der Waals surface area contributed by atoms with Crippen LogP contribution in [0.4, 0.5) is 0 Å². The molecule has 0 unspecified atom stereocenters. The molecule has 2 saturated heterocycles. The number of hydrogen-bond acceptors (Lipinski definition) is 16. The topological polar surface area (TPSA) is 266 Å². The van der Waals surface area contributed by atoms with Gasteiger partial charge in [-0.15, -0.1) is 0 Å². The molecule has 0 radical (unpaired) electrons. The number of carbonyl (C=O) groups is 1. The first-order chi connectivity index (χ1) is 21.3. The first kappa shape index (κ1) is 32.6. The van der Waals surface area contributed by atoms with E-state index in [4.69, 9.17) is 23.4 Å². The van der Waals surface area contributed by atoms with Gasteiger partial charge in [-0.25, -0.2) is 0 Å². The Morgan fingerprint density at radius 2 is 1.49 bits per heavy atom. The Bertz CT molecular complexity index is 1590. The summed E-state index contributed by atoms with van der Waals surface area (Å²) in [5.74, 6) is -2.13. The molecule has 9 N–H and O–H groups in total. The minimum absolute atomic E-state index is 0.00683. The van der Waals surface area contributed by atoms with Crippen LogP contribution in [0.1, 0.15) is 18.6 Å². The second kappa shape index (κ2) is 12.9. The van der Waals surface area contributed by atoms with Gasteiger partial charge in [-0.05, 0) is 24.3 Å². The highest BCUT2D eigenvalue weighted by molar-refractivity contribution is 5.88. The van der Waals surface area contributed by atoms with Gasteiger partial charge in [0.25, 0.3) is 0 Å². The Morgan fingerprint density at radius 1 is 0.844 bits per heavy atom. The van der Waals surface area contributed by atoms with Gasteiger partial charge in [0, 0.05) is 24.6 Å². The molecule has 0 saturated carbocycles. The van der Waals surface area contributed by atoms with Crippen molar-refractivity contribution in [1.82, 2.24) is 0 Å². The van der Waals surface area contributed by atoms with Gasteiger partial charge in [0.15, 0.2) is 5.43 Å². The fourth-order valence-corrected chi connectivity index (χ4v) is 5.25. The van der Waals surface area contributed by atoms with E-state index < -0.39 is 108 Å². The molecule has 0 bridgehead atoms. The zero-order valence-electron chi connectivity index (χ0n) is 23.5. The predicted octanol–water partition coefficient (Wildman–Crippen LogP) is -1.86. The molecule has 16 nitrogen and oxygen atoms in total. The lowest BCUT2D eigenvalue weighted by molar-refractivity contribution is -0.278. The molecule has 0 amide bonds. The van der Waals surface area contributed by atoms with Gasteiger partial charge in [0.05, 0.1) is 12.2 Å². The number of aromatic hydroxyl groups is 2. The van der Waals surface area contributed by atoms with Crippen molar-refractivity contribution in [1.29, 1.82) is 0 Å². The second-order valence-corrected chi connectivity index (χ2v) is 10.7. The molecule has 5 rings (SSSR count). The molecule has 45 heavy (non-hydrogen) atoms. The van der Waals surface area contributed by atoms with Crippen LogP contribution >= 0.6 is 0 Å². The van der Waals surface area contributed by atoms with E-state index in [-0.39, 0.29) is 17.1 Å². The van der Waals surface area contributed by atoms with E-state index in [1.54, 1.807) is 0 Å². The number of phenolic OH excluding ortho intramolecular Hbond substituents is 2. The number of phenols is 2. The third-order valence-electron chi connectivity index (χ3n) is 7.69. The summed E-state index contributed by atoms with van der Waals surface area (Å²) in [7, 11) is 0. The molecule has 10 atom stereocenters. The quantitative estimate of drug-likeness (QED) is 0.129. The summed E-state index contributed by atoms with van der Waals surface area (Å²) in [4.78, 5) is 24.7. The van der Waals surface area contributed by atoms with Crippen LogP contribution < -0.4 is 10.2 Å². The van der Waals surface area contributed by atoms with Crippen molar-refractivity contribution >= 4 is 16.9 Å². The number of aliphatic hydroxyl groups excluding tert-OH is 7. The molecule has 0 spiro atoms. The Kier molecular flexibility index (Phi) is 9.31. The number of rotatable bonds is 7. The number of esters is 1. The average Bonchev–Trinajstić information content (AvgIpc) is 3.00. The van der Waals surface area contributed by atoms with Crippen molar-refractivity contribution in [2.45, 2.75) is 68.1 Å². The highest BCUT2D eigenvalue weighted by atomic mass is 16.7. The van der Waals surface area contributed by atoms with Crippen LogP contribution in [0.3, 0.4) is 0 Å². The molecule has 2 aliphatic heterocycles. The van der Waals surface area contributed by atoms with Gasteiger partial charge in [-0.2, -0.15) is 0 Å². The maximum atomic E-state index is 13.3. The summed E-state index contributed by atoms with van der Waals surface area (Å²) >= 11 is 0. The molecule has 2 aliphatic rings. The third-order valence-corrected chi connectivity index (χ3v) is 7.69. The second-order valence-electron chi connectivity index (χ2n) is 10.7. The smallest absolute Gasteiger partial charge is 0.302 e. The predicted molar refractivity (Wildman–Crippen MR) is 148 cm³/mol. The molecule has 244 valence electrons. The van der Waals surface area contributed by atoms with Gasteiger partial charge in [-0.3, -0.25) is 9.59 Å². The monoisotopic (exact) mass is 636 g/mol. The number of aliphatic hydroxyl groups is 7. The minimum Gasteiger partial charge on any atom is -0.508 e. The van der Waals surface area contributed by atoms with Crippen LogP contribution in [0.25, 0.3) is 22.3 Å². The van der Waals surface area contributed by atoms with E-state index in [2.05, 4.69) is 0 Å². The molecule has 3 heterocycles. The summed E-state index contributed by atoms with van der Waals surface area (Å²) in [6.07, 6.45) is -17.6. The highest BCUT2D eigenvalue weighted by Crippen LogP contribution is 2.46. The number of fused-ring (bicyclic) bond motifs is 1. The number of benzene rings is 2. The van der Waals surface area contributed by atoms with E-state index in [1.807, 2.05) is 0 Å². The van der Waals surface area contributed by atoms with Crippen molar-refractivity contribution in [2.75, 3.05) is 13.2 Å². The van der Waals surface area contributed by atoms with Gasteiger partial charge in [-0.1, -0.05) is 0 Å². The van der Waals surface area contributed by atoms with Crippen LogP contribution in [-0.2, 0) is 19.0 Å². The molecule has 2 fully saturated rings. The van der Waals surface area contributed by atoms with E-state index in [1.165, 1.54) is 24.3 Å². The van der Waals surface area contributed by atoms with Crippen molar-refractivity contribution in [3.05, 3.63) is 52.2 Å². The first-order valence-electron chi connectivity index (χ1n) is 13.8.